The number of aromatic nitrogens is 1. The van der Waals surface area contributed by atoms with E-state index < -0.39 is 0 Å². The van der Waals surface area contributed by atoms with Gasteiger partial charge in [-0.05, 0) is 23.6 Å². The predicted molar refractivity (Wildman–Crippen MR) is 66.0 cm³/mol. The van der Waals surface area contributed by atoms with E-state index in [1.807, 2.05) is 58.2 Å². The Hall–Kier alpha value is -0.950. The maximum absolute atomic E-state index is 5.76. The van der Waals surface area contributed by atoms with Gasteiger partial charge in [-0.1, -0.05) is 45.4 Å². The average molecular weight is 212 g/mol. The molecule has 1 nitrogen and oxygen atoms in total. The summed E-state index contributed by atoms with van der Waals surface area (Å²) in [7, 11) is 0. The number of hydrogen-bond donors (Lipinski definition) is 1. The summed E-state index contributed by atoms with van der Waals surface area (Å²) in [6.07, 6.45) is 1.90. The molecule has 0 fully saturated rings. The van der Waals surface area contributed by atoms with Crippen LogP contribution >= 0.6 is 11.6 Å². The quantitative estimate of drug-likeness (QED) is 0.640. The summed E-state index contributed by atoms with van der Waals surface area (Å²) >= 11 is 5.76. The Balaban J connectivity index is 0.000000379. The Kier molecular flexibility index (Phi) is 6.95. The Morgan fingerprint density at radius 1 is 1.00 bits per heavy atom. The molecular weight excluding hydrogens is 194 g/mol. The van der Waals surface area contributed by atoms with Gasteiger partial charge in [0, 0.05) is 16.7 Å². The number of nitrogens with one attached hydrogen (secondary N) is 1. The Morgan fingerprint density at radius 2 is 1.64 bits per heavy atom. The molecule has 0 radical (unpaired) electrons. The van der Waals surface area contributed by atoms with Crippen molar-refractivity contribution < 1.29 is 0 Å². The molecule has 0 aliphatic carbocycles. The van der Waals surface area contributed by atoms with Crippen LogP contribution in [-0.2, 0) is 0 Å². The Morgan fingerprint density at radius 3 is 2.29 bits per heavy atom. The van der Waals surface area contributed by atoms with Gasteiger partial charge in [0.1, 0.15) is 0 Å². The number of hydrogen-bond acceptors (Lipinski definition) is 0. The highest BCUT2D eigenvalue weighted by Gasteiger charge is 1.92. The molecular formula is C12H18ClN. The third kappa shape index (κ3) is 3.43. The zero-order chi connectivity index (χ0) is 11.0. The van der Waals surface area contributed by atoms with Crippen molar-refractivity contribution in [3.63, 3.8) is 0 Å². The van der Waals surface area contributed by atoms with Crippen molar-refractivity contribution >= 4 is 22.5 Å². The van der Waals surface area contributed by atoms with Crippen LogP contribution in [0.25, 0.3) is 10.9 Å². The molecule has 1 aromatic carbocycles. The monoisotopic (exact) mass is 211 g/mol. The molecule has 14 heavy (non-hydrogen) atoms. The number of fused-ring (bicyclic) bond motifs is 1. The van der Waals surface area contributed by atoms with Gasteiger partial charge in [0.05, 0.1) is 0 Å². The summed E-state index contributed by atoms with van der Waals surface area (Å²) in [5.41, 5.74) is 1.09. The predicted octanol–water partition coefficient (Wildman–Crippen LogP) is 4.87. The van der Waals surface area contributed by atoms with Gasteiger partial charge in [-0.25, -0.2) is 0 Å². The summed E-state index contributed by atoms with van der Waals surface area (Å²) in [4.78, 5) is 3.08. The van der Waals surface area contributed by atoms with E-state index in [-0.39, 0.29) is 0 Å². The SMILES string of the molecule is CC.CC.Clc1ccc2cc[nH]c2c1. The molecule has 0 atom stereocenters. The van der Waals surface area contributed by atoms with E-state index in [1.165, 1.54) is 5.39 Å². The smallest absolute Gasteiger partial charge is 0.0468 e. The van der Waals surface area contributed by atoms with Crippen LogP contribution in [-0.4, -0.2) is 4.98 Å². The second-order valence-corrected chi connectivity index (χ2v) is 2.65. The minimum Gasteiger partial charge on any atom is -0.361 e. The van der Waals surface area contributed by atoms with Crippen LogP contribution in [0.3, 0.4) is 0 Å². The van der Waals surface area contributed by atoms with E-state index in [0.717, 1.165) is 10.5 Å². The molecule has 2 rings (SSSR count). The normalized spacial score (nSPS) is 8.36. The van der Waals surface area contributed by atoms with Crippen LogP contribution in [0.2, 0.25) is 5.02 Å². The van der Waals surface area contributed by atoms with E-state index in [9.17, 15) is 0 Å². The van der Waals surface area contributed by atoms with Gasteiger partial charge in [0.15, 0.2) is 0 Å². The van der Waals surface area contributed by atoms with E-state index in [4.69, 9.17) is 11.6 Å². The molecule has 0 bridgehead atoms. The highest BCUT2D eigenvalue weighted by molar-refractivity contribution is 6.31. The van der Waals surface area contributed by atoms with Gasteiger partial charge in [0.2, 0.25) is 0 Å². The zero-order valence-electron chi connectivity index (χ0n) is 9.26. The van der Waals surface area contributed by atoms with Crippen molar-refractivity contribution in [3.8, 4) is 0 Å². The largest absolute Gasteiger partial charge is 0.361 e. The van der Waals surface area contributed by atoms with Crippen LogP contribution in [0, 0.1) is 0 Å². The van der Waals surface area contributed by atoms with Crippen LogP contribution in [0.4, 0.5) is 0 Å². The van der Waals surface area contributed by atoms with Crippen molar-refractivity contribution in [1.82, 2.24) is 4.98 Å². The highest BCUT2D eigenvalue weighted by atomic mass is 35.5. The maximum atomic E-state index is 5.76. The molecule has 0 unspecified atom stereocenters. The fraction of sp³-hybridized carbons (Fsp3) is 0.333. The van der Waals surface area contributed by atoms with Crippen LogP contribution in [0.5, 0.6) is 0 Å². The van der Waals surface area contributed by atoms with E-state index in [1.54, 1.807) is 0 Å². The molecule has 0 amide bonds. The van der Waals surface area contributed by atoms with E-state index in [0.29, 0.717) is 0 Å². The molecule has 2 aromatic rings. The van der Waals surface area contributed by atoms with Gasteiger partial charge < -0.3 is 4.98 Å². The zero-order valence-corrected chi connectivity index (χ0v) is 10.0. The van der Waals surface area contributed by atoms with Crippen molar-refractivity contribution in [2.45, 2.75) is 27.7 Å². The van der Waals surface area contributed by atoms with Crippen molar-refractivity contribution in [1.29, 1.82) is 0 Å². The first-order chi connectivity index (χ1) is 6.86. The second kappa shape index (κ2) is 7.45. The number of halogens is 1. The molecule has 78 valence electrons. The number of H-pyrrole nitrogens is 1. The fourth-order valence-electron chi connectivity index (χ4n) is 1.02. The molecule has 1 heterocycles. The first kappa shape index (κ1) is 13.1. The average Bonchev–Trinajstić information content (AvgIpc) is 2.71. The van der Waals surface area contributed by atoms with Crippen LogP contribution < -0.4 is 0 Å². The van der Waals surface area contributed by atoms with E-state index in [2.05, 4.69) is 4.98 Å². The van der Waals surface area contributed by atoms with Crippen molar-refractivity contribution in [2.75, 3.05) is 0 Å². The van der Waals surface area contributed by atoms with Gasteiger partial charge >= 0.3 is 0 Å². The van der Waals surface area contributed by atoms with Crippen molar-refractivity contribution in [3.05, 3.63) is 35.5 Å². The molecule has 0 saturated carbocycles. The lowest BCUT2D eigenvalue weighted by Crippen LogP contribution is -1.65. The molecule has 2 heteroatoms. The van der Waals surface area contributed by atoms with Crippen molar-refractivity contribution in [2.24, 2.45) is 0 Å². The minimum absolute atomic E-state index is 0.773. The third-order valence-electron chi connectivity index (χ3n) is 1.52. The standard InChI is InChI=1S/C8H6ClN.2C2H6/c9-7-2-1-6-3-4-10-8(6)5-7;2*1-2/h1-5,10H;2*1-2H3. The summed E-state index contributed by atoms with van der Waals surface area (Å²) in [6, 6.07) is 7.81. The highest BCUT2D eigenvalue weighted by Crippen LogP contribution is 2.16. The first-order valence-corrected chi connectivity index (χ1v) is 5.47. The molecule has 1 aromatic heterocycles. The molecule has 1 N–H and O–H groups in total. The summed E-state index contributed by atoms with van der Waals surface area (Å²) in [6.45, 7) is 8.00. The molecule has 0 spiro atoms. The minimum atomic E-state index is 0.773. The second-order valence-electron chi connectivity index (χ2n) is 2.21. The fourth-order valence-corrected chi connectivity index (χ4v) is 1.19. The van der Waals surface area contributed by atoms with E-state index >= 15 is 0 Å². The summed E-state index contributed by atoms with van der Waals surface area (Å²) in [5, 5.41) is 1.97. The molecule has 0 saturated heterocycles. The van der Waals surface area contributed by atoms with Crippen LogP contribution in [0.1, 0.15) is 27.7 Å². The van der Waals surface area contributed by atoms with Gasteiger partial charge in [-0.15, -0.1) is 0 Å². The first-order valence-electron chi connectivity index (χ1n) is 5.09. The lowest BCUT2D eigenvalue weighted by Gasteiger charge is -1.88. The van der Waals surface area contributed by atoms with Gasteiger partial charge in [-0.3, -0.25) is 0 Å². The summed E-state index contributed by atoms with van der Waals surface area (Å²) in [5.74, 6) is 0. The maximum Gasteiger partial charge on any atom is 0.0468 e. The lowest BCUT2D eigenvalue weighted by molar-refractivity contribution is 1.48. The van der Waals surface area contributed by atoms with Gasteiger partial charge in [0.25, 0.3) is 0 Å². The topological polar surface area (TPSA) is 15.8 Å². The number of rotatable bonds is 0. The Labute approximate surface area is 91.1 Å². The lowest BCUT2D eigenvalue weighted by atomic mass is 10.2. The van der Waals surface area contributed by atoms with Crippen LogP contribution in [0.15, 0.2) is 30.5 Å². The third-order valence-corrected chi connectivity index (χ3v) is 1.75. The molecule has 0 aliphatic heterocycles. The summed E-state index contributed by atoms with van der Waals surface area (Å²) < 4.78 is 0. The number of benzene rings is 1. The number of aromatic amines is 1. The molecule has 0 aliphatic rings. The Bertz CT molecular complexity index is 352. The van der Waals surface area contributed by atoms with Gasteiger partial charge in [-0.2, -0.15) is 0 Å².